The predicted octanol–water partition coefficient (Wildman–Crippen LogP) is 3.54. The zero-order valence-electron chi connectivity index (χ0n) is 13.6. The number of aromatic amines is 1. The van der Waals surface area contributed by atoms with Crippen molar-refractivity contribution in [3.63, 3.8) is 0 Å². The average Bonchev–Trinajstić information content (AvgIpc) is 3.15. The number of hydrogen-bond donors (Lipinski definition) is 1. The predicted molar refractivity (Wildman–Crippen MR) is 95.6 cm³/mol. The number of pyridine rings is 1. The molecule has 0 spiro atoms. The van der Waals surface area contributed by atoms with Gasteiger partial charge in [-0.1, -0.05) is 36.4 Å². The first-order valence-corrected chi connectivity index (χ1v) is 8.00. The van der Waals surface area contributed by atoms with Gasteiger partial charge in [0.25, 0.3) is 0 Å². The van der Waals surface area contributed by atoms with Crippen molar-refractivity contribution in [3.8, 4) is 11.5 Å². The Hall–Kier alpha value is -3.67. The molecular weight excluding hydrogens is 332 g/mol. The molecular formula is C20H14N2O4. The van der Waals surface area contributed by atoms with Crippen molar-refractivity contribution in [3.05, 3.63) is 88.5 Å². The number of carbonyl (C=O) groups is 1. The summed E-state index contributed by atoms with van der Waals surface area (Å²) in [5.41, 5.74) is 1.77. The Morgan fingerprint density at radius 2 is 1.85 bits per heavy atom. The van der Waals surface area contributed by atoms with Crippen molar-refractivity contribution in [2.75, 3.05) is 0 Å². The standard InChI is InChI=1S/C20H14N2O4/c23-18-10-16(15-8-4-5-9-17(15)22-18)20(24)26-12-14-11-25-19(21-14)13-6-2-1-3-7-13/h1-11H,12H2,(H,22,23). The Labute approximate surface area is 148 Å². The monoisotopic (exact) mass is 346 g/mol. The van der Waals surface area contributed by atoms with E-state index in [1.807, 2.05) is 30.3 Å². The summed E-state index contributed by atoms with van der Waals surface area (Å²) in [6.07, 6.45) is 1.45. The summed E-state index contributed by atoms with van der Waals surface area (Å²) in [6.45, 7) is -0.0453. The summed E-state index contributed by atoms with van der Waals surface area (Å²) in [5.74, 6) is -0.130. The van der Waals surface area contributed by atoms with E-state index in [0.29, 0.717) is 22.5 Å². The summed E-state index contributed by atoms with van der Waals surface area (Å²) in [7, 11) is 0. The smallest absolute Gasteiger partial charge is 0.339 e. The van der Waals surface area contributed by atoms with Crippen LogP contribution in [0.3, 0.4) is 0 Å². The average molecular weight is 346 g/mol. The highest BCUT2D eigenvalue weighted by atomic mass is 16.5. The lowest BCUT2D eigenvalue weighted by Crippen LogP contribution is -2.13. The molecule has 0 unspecified atom stereocenters. The number of fused-ring (bicyclic) bond motifs is 1. The molecule has 0 bridgehead atoms. The fraction of sp³-hybridized carbons (Fsp3) is 0.0500. The Morgan fingerprint density at radius 1 is 1.08 bits per heavy atom. The second-order valence-corrected chi connectivity index (χ2v) is 5.68. The van der Waals surface area contributed by atoms with Crippen molar-refractivity contribution >= 4 is 16.9 Å². The quantitative estimate of drug-likeness (QED) is 0.571. The zero-order chi connectivity index (χ0) is 17.9. The summed E-state index contributed by atoms with van der Waals surface area (Å²) in [5, 5.41) is 0.627. The minimum atomic E-state index is -0.587. The Morgan fingerprint density at radius 3 is 2.69 bits per heavy atom. The van der Waals surface area contributed by atoms with E-state index in [0.717, 1.165) is 5.56 Å². The molecule has 0 aliphatic carbocycles. The molecule has 0 saturated carbocycles. The maximum atomic E-state index is 12.4. The van der Waals surface area contributed by atoms with Gasteiger partial charge in [0.05, 0.1) is 5.56 Å². The highest BCUT2D eigenvalue weighted by molar-refractivity contribution is 6.03. The van der Waals surface area contributed by atoms with Gasteiger partial charge in [-0.15, -0.1) is 0 Å². The van der Waals surface area contributed by atoms with Crippen LogP contribution < -0.4 is 5.56 Å². The molecule has 26 heavy (non-hydrogen) atoms. The summed E-state index contributed by atoms with van der Waals surface area (Å²) in [4.78, 5) is 31.2. The number of hydrogen-bond acceptors (Lipinski definition) is 5. The van der Waals surface area contributed by atoms with Crippen LogP contribution in [0.15, 0.2) is 76.1 Å². The van der Waals surface area contributed by atoms with E-state index < -0.39 is 5.97 Å². The summed E-state index contributed by atoms with van der Waals surface area (Å²) in [6, 6.07) is 17.7. The molecule has 0 atom stereocenters. The maximum Gasteiger partial charge on any atom is 0.339 e. The first-order valence-electron chi connectivity index (χ1n) is 8.00. The van der Waals surface area contributed by atoms with Gasteiger partial charge in [-0.05, 0) is 18.2 Å². The van der Waals surface area contributed by atoms with E-state index >= 15 is 0 Å². The van der Waals surface area contributed by atoms with E-state index in [4.69, 9.17) is 9.15 Å². The van der Waals surface area contributed by atoms with Crippen molar-refractivity contribution < 1.29 is 13.9 Å². The Balaban J connectivity index is 1.53. The van der Waals surface area contributed by atoms with Crippen LogP contribution in [0.4, 0.5) is 0 Å². The number of oxazole rings is 1. The molecule has 6 nitrogen and oxygen atoms in total. The van der Waals surface area contributed by atoms with E-state index in [2.05, 4.69) is 9.97 Å². The molecule has 2 aromatic carbocycles. The highest BCUT2D eigenvalue weighted by Crippen LogP contribution is 2.19. The normalized spacial score (nSPS) is 10.8. The van der Waals surface area contributed by atoms with Gasteiger partial charge < -0.3 is 14.1 Å². The van der Waals surface area contributed by atoms with Gasteiger partial charge in [-0.2, -0.15) is 0 Å². The third-order valence-corrected chi connectivity index (χ3v) is 3.89. The van der Waals surface area contributed by atoms with E-state index in [9.17, 15) is 9.59 Å². The second kappa shape index (κ2) is 6.68. The number of H-pyrrole nitrogens is 1. The SMILES string of the molecule is O=C(OCc1coc(-c2ccccc2)n1)c1cc(=O)[nH]c2ccccc12. The largest absolute Gasteiger partial charge is 0.455 e. The van der Waals surface area contributed by atoms with Gasteiger partial charge in [0.2, 0.25) is 11.4 Å². The molecule has 2 aromatic heterocycles. The van der Waals surface area contributed by atoms with Crippen LogP contribution in [0.25, 0.3) is 22.4 Å². The highest BCUT2D eigenvalue weighted by Gasteiger charge is 2.14. The fourth-order valence-corrected chi connectivity index (χ4v) is 2.68. The molecule has 4 rings (SSSR count). The lowest BCUT2D eigenvalue weighted by Gasteiger charge is -2.06. The lowest BCUT2D eigenvalue weighted by atomic mass is 10.1. The van der Waals surface area contributed by atoms with Gasteiger partial charge in [-0.25, -0.2) is 9.78 Å². The van der Waals surface area contributed by atoms with Crippen LogP contribution in [0, 0.1) is 0 Å². The number of esters is 1. The van der Waals surface area contributed by atoms with Crippen LogP contribution in [0.1, 0.15) is 16.1 Å². The van der Waals surface area contributed by atoms with E-state index in [1.165, 1.54) is 12.3 Å². The number of nitrogens with one attached hydrogen (secondary N) is 1. The van der Waals surface area contributed by atoms with Crippen LogP contribution in [0.2, 0.25) is 0 Å². The molecule has 1 N–H and O–H groups in total. The van der Waals surface area contributed by atoms with Crippen molar-refractivity contribution in [2.45, 2.75) is 6.61 Å². The topological polar surface area (TPSA) is 85.2 Å². The molecule has 0 aliphatic rings. The van der Waals surface area contributed by atoms with Gasteiger partial charge in [0.1, 0.15) is 18.6 Å². The number of aromatic nitrogens is 2. The van der Waals surface area contributed by atoms with Crippen molar-refractivity contribution in [1.82, 2.24) is 9.97 Å². The lowest BCUT2D eigenvalue weighted by molar-refractivity contribution is 0.0470. The number of nitrogens with zero attached hydrogens (tertiary/aromatic N) is 1. The molecule has 0 aliphatic heterocycles. The molecule has 4 aromatic rings. The fourth-order valence-electron chi connectivity index (χ4n) is 2.68. The van der Waals surface area contributed by atoms with Crippen molar-refractivity contribution in [1.29, 1.82) is 0 Å². The summed E-state index contributed by atoms with van der Waals surface area (Å²) >= 11 is 0. The van der Waals surface area contributed by atoms with Crippen LogP contribution in [-0.4, -0.2) is 15.9 Å². The molecule has 128 valence electrons. The van der Waals surface area contributed by atoms with E-state index in [1.54, 1.807) is 24.3 Å². The second-order valence-electron chi connectivity index (χ2n) is 5.68. The molecule has 0 fully saturated rings. The summed E-state index contributed by atoms with van der Waals surface area (Å²) < 4.78 is 10.7. The third-order valence-electron chi connectivity index (χ3n) is 3.89. The van der Waals surface area contributed by atoms with Crippen LogP contribution >= 0.6 is 0 Å². The number of para-hydroxylation sites is 1. The number of ether oxygens (including phenoxy) is 1. The first-order chi connectivity index (χ1) is 12.7. The van der Waals surface area contributed by atoms with Crippen LogP contribution in [-0.2, 0) is 11.3 Å². The van der Waals surface area contributed by atoms with Gasteiger partial charge in [0, 0.05) is 22.5 Å². The minimum absolute atomic E-state index is 0.0453. The van der Waals surface area contributed by atoms with Crippen molar-refractivity contribution in [2.24, 2.45) is 0 Å². The Kier molecular flexibility index (Phi) is 4.07. The Bertz CT molecular complexity index is 1130. The number of carbonyl (C=O) groups excluding carboxylic acids is 1. The molecule has 0 amide bonds. The molecule has 0 radical (unpaired) electrons. The van der Waals surface area contributed by atoms with Crippen LogP contribution in [0.5, 0.6) is 0 Å². The molecule has 2 heterocycles. The van der Waals surface area contributed by atoms with Gasteiger partial charge >= 0.3 is 5.97 Å². The van der Waals surface area contributed by atoms with Gasteiger partial charge in [0.15, 0.2) is 0 Å². The third kappa shape index (κ3) is 3.12. The van der Waals surface area contributed by atoms with Gasteiger partial charge in [-0.3, -0.25) is 4.79 Å². The number of rotatable bonds is 4. The minimum Gasteiger partial charge on any atom is -0.455 e. The number of benzene rings is 2. The molecule has 6 heteroatoms. The van der Waals surface area contributed by atoms with E-state index in [-0.39, 0.29) is 17.7 Å². The maximum absolute atomic E-state index is 12.4. The molecule has 0 saturated heterocycles. The zero-order valence-corrected chi connectivity index (χ0v) is 13.6. The first kappa shape index (κ1) is 15.8.